The van der Waals surface area contributed by atoms with Gasteiger partial charge in [0.2, 0.25) is 17.1 Å². The molecule has 3 N–H and O–H groups in total. The number of carbonyl (C=O) groups is 1. The predicted molar refractivity (Wildman–Crippen MR) is 299 cm³/mol. The Balaban J connectivity index is 1.03. The molecule has 74 heavy (non-hydrogen) atoms. The van der Waals surface area contributed by atoms with Crippen LogP contribution in [0.3, 0.4) is 0 Å². The highest BCUT2D eigenvalue weighted by Crippen LogP contribution is 2.49. The molecule has 0 unspecified atom stereocenters. The summed E-state index contributed by atoms with van der Waals surface area (Å²) in [4.78, 5) is 16.6. The van der Waals surface area contributed by atoms with Gasteiger partial charge < -0.3 is 34.5 Å². The molecule has 366 valence electrons. The lowest BCUT2D eigenvalue weighted by molar-refractivity contribution is -0.923. The fourth-order valence-electron chi connectivity index (χ4n) is 10.8. The van der Waals surface area contributed by atoms with Gasteiger partial charge in [-0.05, 0) is 100 Å². The molecule has 11 rings (SSSR count). The molecule has 0 bridgehead atoms. The molecule has 0 aromatic heterocycles. The number of Topliss-reactive ketones (excluding diaryl/α,β-unsaturated/α-hetero) is 1. The van der Waals surface area contributed by atoms with Crippen LogP contribution in [0.1, 0.15) is 32.8 Å². The molecule has 9 nitrogen and oxygen atoms in total. The average Bonchev–Trinajstić information content (AvgIpc) is 3.44. The number of aliphatic hydroxyl groups excluding tert-OH is 1. The van der Waals surface area contributed by atoms with Crippen molar-refractivity contribution in [1.29, 1.82) is 0 Å². The van der Waals surface area contributed by atoms with E-state index in [1.807, 2.05) is 131 Å². The van der Waals surface area contributed by atoms with Gasteiger partial charge in [-0.2, -0.15) is 4.58 Å². The van der Waals surface area contributed by atoms with E-state index >= 15 is 0 Å². The van der Waals surface area contributed by atoms with Gasteiger partial charge in [-0.25, -0.2) is 0 Å². The molecule has 0 spiro atoms. The first-order valence-corrected chi connectivity index (χ1v) is 25.4. The summed E-state index contributed by atoms with van der Waals surface area (Å²) in [5, 5.41) is 59.1. The van der Waals surface area contributed by atoms with E-state index in [2.05, 4.69) is 69.3 Å². The number of benzene rings is 9. The second-order valence-corrected chi connectivity index (χ2v) is 19.1. The van der Waals surface area contributed by atoms with Crippen molar-refractivity contribution < 1.29 is 34.4 Å². The number of ketones is 1. The maximum absolute atomic E-state index is 14.7. The molecular weight excluding hydrogens is 919 g/mol. The molecular formula is C65H56N3O6+. The number of aliphatic hydroxyl groups is 1. The third-order valence-electron chi connectivity index (χ3n) is 15.1. The number of ether oxygens (including phenoxy) is 1. The van der Waals surface area contributed by atoms with Crippen LogP contribution in [0.15, 0.2) is 223 Å². The Morgan fingerprint density at radius 3 is 1.42 bits per heavy atom. The van der Waals surface area contributed by atoms with Gasteiger partial charge in [0.1, 0.15) is 23.0 Å². The minimum Gasteiger partial charge on any atom is -0.871 e. The Kier molecular flexibility index (Phi) is 12.6. The minimum atomic E-state index is -0.735. The number of hydrogen-bond acceptors (Lipinski definition) is 7. The Labute approximate surface area is 430 Å². The number of hydrogen-bond donors (Lipinski definition) is 3. The molecule has 0 heterocycles. The number of rotatable bonds is 14. The van der Waals surface area contributed by atoms with Crippen molar-refractivity contribution in [1.82, 2.24) is 4.58 Å². The first-order valence-electron chi connectivity index (χ1n) is 25.4. The lowest BCUT2D eigenvalue weighted by Gasteiger charge is -2.36. The number of carbonyl (C=O) groups excluding carboxylic acids is 1. The third-order valence-corrected chi connectivity index (χ3v) is 15.1. The summed E-state index contributed by atoms with van der Waals surface area (Å²) in [6, 6.07) is 59.6. The summed E-state index contributed by atoms with van der Waals surface area (Å²) in [7, 11) is 0. The van der Waals surface area contributed by atoms with E-state index in [4.69, 9.17) is 4.74 Å². The van der Waals surface area contributed by atoms with Gasteiger partial charge in [0.25, 0.3) is 0 Å². The van der Waals surface area contributed by atoms with Crippen LogP contribution >= 0.6 is 0 Å². The quantitative estimate of drug-likeness (QED) is 0.0430. The lowest BCUT2D eigenvalue weighted by atomic mass is 9.78. The van der Waals surface area contributed by atoms with E-state index in [0.29, 0.717) is 17.8 Å². The molecule has 2 aliphatic rings. The van der Waals surface area contributed by atoms with Crippen LogP contribution < -0.4 is 14.6 Å². The van der Waals surface area contributed by atoms with Gasteiger partial charge in [0, 0.05) is 65.3 Å². The zero-order chi connectivity index (χ0) is 51.1. The Morgan fingerprint density at radius 2 is 0.959 bits per heavy atom. The number of phenols is 2. The van der Waals surface area contributed by atoms with Crippen molar-refractivity contribution in [2.24, 2.45) is 0 Å². The van der Waals surface area contributed by atoms with Crippen LogP contribution in [0.25, 0.3) is 48.7 Å². The number of nitrogens with zero attached hydrogens (tertiary/aromatic N) is 3. The van der Waals surface area contributed by atoms with Gasteiger partial charge in [-0.1, -0.05) is 115 Å². The number of quaternary nitrogens is 1. The lowest BCUT2D eigenvalue weighted by Crippen LogP contribution is -2.48. The van der Waals surface area contributed by atoms with Crippen LogP contribution in [0.2, 0.25) is 0 Å². The molecule has 9 heteroatoms. The summed E-state index contributed by atoms with van der Waals surface area (Å²) in [5.74, 6) is -2.54. The first kappa shape index (κ1) is 47.4. The predicted octanol–water partition coefficient (Wildman–Crippen LogP) is 13.7. The van der Waals surface area contributed by atoms with Crippen molar-refractivity contribution in [2.45, 2.75) is 27.2 Å². The number of fused-ring (bicyclic) bond motifs is 4. The van der Waals surface area contributed by atoms with E-state index < -0.39 is 23.0 Å². The van der Waals surface area contributed by atoms with Crippen molar-refractivity contribution in [3.05, 3.63) is 228 Å². The number of phenolic OH excluding ortho intramolecular Hbond substituents is 2. The monoisotopic (exact) mass is 974 g/mol. The topological polar surface area (TPSA) is 116 Å². The van der Waals surface area contributed by atoms with Crippen molar-refractivity contribution in [3.63, 3.8) is 0 Å². The third kappa shape index (κ3) is 8.61. The number of aromatic hydroxyl groups is 2. The van der Waals surface area contributed by atoms with Crippen molar-refractivity contribution in [3.8, 4) is 11.5 Å². The van der Waals surface area contributed by atoms with E-state index in [-0.39, 0.29) is 40.4 Å². The van der Waals surface area contributed by atoms with Gasteiger partial charge in [-0.15, -0.1) is 0 Å². The molecule has 0 saturated carbocycles. The van der Waals surface area contributed by atoms with E-state index in [9.17, 15) is 25.2 Å². The second-order valence-electron chi connectivity index (χ2n) is 19.1. The maximum Gasteiger partial charge on any atom is 0.219 e. The zero-order valence-corrected chi connectivity index (χ0v) is 41.6. The van der Waals surface area contributed by atoms with Gasteiger partial charge >= 0.3 is 0 Å². The maximum atomic E-state index is 14.7. The smallest absolute Gasteiger partial charge is 0.219 e. The average molecular weight is 975 g/mol. The van der Waals surface area contributed by atoms with Crippen LogP contribution in [0.4, 0.5) is 28.4 Å². The highest BCUT2D eigenvalue weighted by Gasteiger charge is 2.39. The minimum absolute atomic E-state index is 0.0407. The number of anilines is 3. The van der Waals surface area contributed by atoms with Crippen LogP contribution in [-0.4, -0.2) is 64.1 Å². The SMILES string of the molecule is CC[N+](CC)(CC)CCCOC1=CC(=[N+](c2ccc3ccccc3c2)c2ccc3ccccc3c2)C=C(O)/C1=C1\C(=O)C(c2c(O)cc(N(c3ccc4ccccc4c3)c3ccc4ccccc4c3)cc2O)=C1[O-]. The van der Waals surface area contributed by atoms with Crippen LogP contribution in [0, 0.1) is 0 Å². The second kappa shape index (κ2) is 19.6. The molecule has 2 aliphatic carbocycles. The molecule has 9 aromatic rings. The molecule has 0 aliphatic heterocycles. The fourth-order valence-corrected chi connectivity index (χ4v) is 10.8. The zero-order valence-electron chi connectivity index (χ0n) is 41.6. The summed E-state index contributed by atoms with van der Waals surface area (Å²) in [5.41, 5.74) is 3.12. The van der Waals surface area contributed by atoms with Crippen molar-refractivity contribution in [2.75, 3.05) is 37.7 Å². The van der Waals surface area contributed by atoms with E-state index in [1.165, 1.54) is 12.1 Å². The Bertz CT molecular complexity index is 3700. The fraction of sp³-hybridized carbons (Fsp3) is 0.138. The molecule has 0 saturated heterocycles. The molecule has 0 atom stereocenters. The molecule has 0 fully saturated rings. The molecule has 0 amide bonds. The van der Waals surface area contributed by atoms with Gasteiger partial charge in [0.05, 0.1) is 61.8 Å². The van der Waals surface area contributed by atoms with Gasteiger partial charge in [0.15, 0.2) is 5.78 Å². The largest absolute Gasteiger partial charge is 0.871 e. The van der Waals surface area contributed by atoms with Crippen molar-refractivity contribution >= 4 is 88.6 Å². The van der Waals surface area contributed by atoms with E-state index in [1.54, 1.807) is 12.2 Å². The Hall–Kier alpha value is -8.92. The molecule has 9 aromatic carbocycles. The van der Waals surface area contributed by atoms with Gasteiger partial charge in [-0.3, -0.25) is 4.79 Å². The normalized spacial score (nSPS) is 14.9. The van der Waals surface area contributed by atoms with E-state index in [0.717, 1.165) is 96.5 Å². The molecule has 0 radical (unpaired) electrons. The van der Waals surface area contributed by atoms with Crippen LogP contribution in [0.5, 0.6) is 11.5 Å². The highest BCUT2D eigenvalue weighted by molar-refractivity contribution is 6.40. The standard InChI is InChI=1S/C65H55N3O6/c1-4-68(5-2,6-3)32-15-33-74-59-41-55(67(52-30-26-44-18-9-13-22-48(44)36-52)53-31-27-45-19-10-14-23-49(45)37-53)40-58(71)61(59)63-64(72)62(65(63)73)60-56(69)38-54(39-57(60)70)66(50-28-24-42-16-7-11-20-46(42)34-50)51-29-25-43-17-8-12-21-47(43)35-51/h7-14,16-31,34-41H,4-6,15,32-33H2,1-3H3,(H2-,69,70,71,72,73)/p+1. The van der Waals surface area contributed by atoms with Crippen LogP contribution in [-0.2, 0) is 9.53 Å². The summed E-state index contributed by atoms with van der Waals surface area (Å²) in [6.07, 6.45) is 4.02. The summed E-state index contributed by atoms with van der Waals surface area (Å²) in [6.45, 7) is 10.6. The number of allylic oxidation sites excluding steroid dienone is 4. The summed E-state index contributed by atoms with van der Waals surface area (Å²) < 4.78 is 9.57. The first-order chi connectivity index (χ1) is 36.1. The summed E-state index contributed by atoms with van der Waals surface area (Å²) >= 11 is 0. The Morgan fingerprint density at radius 1 is 0.514 bits per heavy atom. The highest BCUT2D eigenvalue weighted by atomic mass is 16.5.